The van der Waals surface area contributed by atoms with Crippen LogP contribution in [-0.2, 0) is 27.7 Å². The Morgan fingerprint density at radius 1 is 0.893 bits per heavy atom. The van der Waals surface area contributed by atoms with Gasteiger partial charge in [-0.25, -0.2) is 0 Å². The fraction of sp³-hybridized carbons (Fsp3) is 0. The summed E-state index contributed by atoms with van der Waals surface area (Å²) in [5.74, 6) is -0.949. The van der Waals surface area contributed by atoms with Gasteiger partial charge in [0.1, 0.15) is 0 Å². The van der Waals surface area contributed by atoms with Gasteiger partial charge in [0.2, 0.25) is 0 Å². The maximum absolute atomic E-state index is 11.0. The first-order chi connectivity index (χ1) is 13.7. The number of benzene rings is 3. The predicted molar refractivity (Wildman–Crippen MR) is 103 cm³/mol. The molecule has 8 heteroatoms. The van der Waals surface area contributed by atoms with Crippen molar-refractivity contribution in [1.82, 2.24) is 0 Å². The van der Waals surface area contributed by atoms with Crippen molar-refractivity contribution < 1.29 is 37.6 Å². The number of aromatic carboxylic acids is 1. The number of nitrogens with one attached hydrogen (secondary N) is 1. The molecule has 0 spiro atoms. The molecule has 0 bridgehead atoms. The molecular formula is C20H16HgN4O3. The molecule has 0 aliphatic carbocycles. The molecule has 3 rings (SSSR count). The van der Waals surface area contributed by atoms with Crippen LogP contribution in [0.1, 0.15) is 10.4 Å². The van der Waals surface area contributed by atoms with Crippen LogP contribution in [0.25, 0.3) is 0 Å². The molecule has 0 heterocycles. The Morgan fingerprint density at radius 2 is 1.54 bits per heavy atom. The van der Waals surface area contributed by atoms with Crippen LogP contribution < -0.4 is 8.50 Å². The molecule has 0 saturated carbocycles. The van der Waals surface area contributed by atoms with E-state index in [4.69, 9.17) is 7.75 Å². The minimum atomic E-state index is -2.05. The molecular weight excluding hydrogens is 545 g/mol. The Kier molecular flexibility index (Phi) is 7.25. The Labute approximate surface area is 174 Å². The monoisotopic (exact) mass is 562 g/mol. The van der Waals surface area contributed by atoms with Crippen LogP contribution in [0.4, 0.5) is 11.4 Å². The van der Waals surface area contributed by atoms with E-state index in [0.717, 1.165) is 8.76 Å². The van der Waals surface area contributed by atoms with Gasteiger partial charge >= 0.3 is 175 Å². The number of hydrogen-bond donors (Lipinski definition) is 2. The zero-order chi connectivity index (χ0) is 19.6. The summed E-state index contributed by atoms with van der Waals surface area (Å²) in [6.07, 6.45) is 0. The molecule has 0 atom stereocenters. The number of carboxylic acids is 1. The van der Waals surface area contributed by atoms with Gasteiger partial charge in [0.15, 0.2) is 0 Å². The van der Waals surface area contributed by atoms with Crippen molar-refractivity contribution >= 4 is 26.4 Å². The van der Waals surface area contributed by atoms with Crippen LogP contribution >= 0.6 is 0 Å². The Balaban J connectivity index is 1.71. The van der Waals surface area contributed by atoms with Crippen LogP contribution in [0, 0.1) is 0 Å². The summed E-state index contributed by atoms with van der Waals surface area (Å²) in [6, 6.07) is 25.6. The number of rotatable bonds is 6. The molecule has 3 aromatic carbocycles. The second-order valence-corrected chi connectivity index (χ2v) is 11.1. The van der Waals surface area contributed by atoms with Crippen LogP contribution in [0.15, 0.2) is 100 Å². The van der Waals surface area contributed by atoms with Crippen LogP contribution in [0.2, 0.25) is 0 Å². The van der Waals surface area contributed by atoms with E-state index >= 15 is 0 Å². The molecule has 0 aliphatic rings. The van der Waals surface area contributed by atoms with Crippen molar-refractivity contribution in [3.05, 3.63) is 90.5 Å². The van der Waals surface area contributed by atoms with E-state index in [1.165, 1.54) is 0 Å². The number of hydrogen-bond acceptors (Lipinski definition) is 5. The molecule has 0 aromatic heterocycles. The van der Waals surface area contributed by atoms with Crippen molar-refractivity contribution in [1.29, 1.82) is 0 Å². The summed E-state index contributed by atoms with van der Waals surface area (Å²) in [4.78, 5) is 11.0. The van der Waals surface area contributed by atoms with Gasteiger partial charge in [0.25, 0.3) is 0 Å². The third-order valence-electron chi connectivity index (χ3n) is 3.63. The van der Waals surface area contributed by atoms with Gasteiger partial charge in [0, 0.05) is 0 Å². The van der Waals surface area contributed by atoms with Crippen molar-refractivity contribution in [2.24, 2.45) is 15.3 Å². The average Bonchev–Trinajstić information content (AvgIpc) is 2.75. The van der Waals surface area contributed by atoms with E-state index < -0.39 is 31.0 Å². The van der Waals surface area contributed by atoms with Gasteiger partial charge in [-0.05, 0) is 0 Å². The molecule has 0 fully saturated rings. The minimum absolute atomic E-state index is 0.150. The molecule has 0 radical (unpaired) electrons. The van der Waals surface area contributed by atoms with Gasteiger partial charge in [-0.2, -0.15) is 0 Å². The summed E-state index contributed by atoms with van der Waals surface area (Å²) < 4.78 is 6.88. The first-order valence-electron chi connectivity index (χ1n) is 8.51. The molecule has 3 aromatic rings. The maximum atomic E-state index is 11.0. The number of carboxylic acid groups (broad SMARTS) is 1. The number of anilines is 1. The fourth-order valence-corrected chi connectivity index (χ4v) is 5.48. The van der Waals surface area contributed by atoms with E-state index in [-0.39, 0.29) is 11.6 Å². The zero-order valence-electron chi connectivity index (χ0n) is 14.9. The molecule has 0 saturated heterocycles. The van der Waals surface area contributed by atoms with E-state index in [1.54, 1.807) is 24.3 Å². The van der Waals surface area contributed by atoms with Crippen molar-refractivity contribution in [3.8, 4) is 0 Å². The molecule has 136 valence electrons. The first kappa shape index (κ1) is 19.7. The summed E-state index contributed by atoms with van der Waals surface area (Å²) in [7, 11) is 0. The Morgan fingerprint density at radius 3 is 2.18 bits per heavy atom. The number of amidine groups is 1. The molecule has 0 aliphatic heterocycles. The standard InChI is InChI=1S/C13H12N4O.C7H5O2.Hg/c18-13(16-14-11-7-3-1-4-8-11)17-15-12-9-5-2-6-10-12;8-7(9)6-4-2-1-3-5-6;/h1-10,14H,(H,16,18);2-5H,(H,8,9);/q;;+1/p-1. The molecule has 0 unspecified atom stereocenters. The summed E-state index contributed by atoms with van der Waals surface area (Å²) in [5, 5.41) is 21.5. The van der Waals surface area contributed by atoms with E-state index in [9.17, 15) is 4.79 Å². The quantitative estimate of drug-likeness (QED) is 0.155. The third-order valence-corrected chi connectivity index (χ3v) is 8.32. The van der Waals surface area contributed by atoms with Gasteiger partial charge in [-0.1, -0.05) is 0 Å². The van der Waals surface area contributed by atoms with Gasteiger partial charge in [-0.3, -0.25) is 0 Å². The summed E-state index contributed by atoms with van der Waals surface area (Å²) >= 11 is -2.05. The normalized spacial score (nSPS) is 11.1. The number of hydrazone groups is 1. The van der Waals surface area contributed by atoms with E-state index in [0.29, 0.717) is 5.69 Å². The molecule has 7 nitrogen and oxygen atoms in total. The van der Waals surface area contributed by atoms with E-state index in [2.05, 4.69) is 20.8 Å². The SMILES string of the molecule is O=C(O)c1cc[c]([Hg][O]/C(N=Nc2ccccc2)=N\Nc2ccccc2)cc1. The van der Waals surface area contributed by atoms with Gasteiger partial charge in [-0.15, -0.1) is 0 Å². The van der Waals surface area contributed by atoms with Crippen molar-refractivity contribution in [3.63, 3.8) is 0 Å². The molecule has 0 amide bonds. The summed E-state index contributed by atoms with van der Waals surface area (Å²) in [5.41, 5.74) is 4.66. The average molecular weight is 561 g/mol. The van der Waals surface area contributed by atoms with Crippen LogP contribution in [0.3, 0.4) is 0 Å². The fourth-order valence-electron chi connectivity index (χ4n) is 2.20. The van der Waals surface area contributed by atoms with Crippen LogP contribution in [-0.4, -0.2) is 17.1 Å². The van der Waals surface area contributed by atoms with E-state index in [1.807, 2.05) is 60.7 Å². The zero-order valence-corrected chi connectivity index (χ0v) is 20.4. The number of para-hydroxylation sites is 1. The second kappa shape index (κ2) is 10.3. The Bertz CT molecular complexity index is 962. The number of nitrogens with zero attached hydrogens (tertiary/aromatic N) is 3. The topological polar surface area (TPSA) is 95.6 Å². The van der Waals surface area contributed by atoms with Crippen molar-refractivity contribution in [2.45, 2.75) is 0 Å². The van der Waals surface area contributed by atoms with Gasteiger partial charge in [0.05, 0.1) is 0 Å². The molecule has 2 N–H and O–H groups in total. The number of carbonyl (C=O) groups is 1. The predicted octanol–water partition coefficient (Wildman–Crippen LogP) is 4.19. The third kappa shape index (κ3) is 6.28. The summed E-state index contributed by atoms with van der Waals surface area (Å²) in [6.45, 7) is 0. The number of azo groups is 1. The molecule has 28 heavy (non-hydrogen) atoms. The first-order valence-corrected chi connectivity index (χ1v) is 13.5. The Hall–Kier alpha value is -3.06. The van der Waals surface area contributed by atoms with Gasteiger partial charge < -0.3 is 0 Å². The van der Waals surface area contributed by atoms with Crippen LogP contribution in [0.5, 0.6) is 0 Å². The second-order valence-electron chi connectivity index (χ2n) is 5.70. The van der Waals surface area contributed by atoms with Crippen molar-refractivity contribution in [2.75, 3.05) is 5.43 Å².